The molecule has 0 bridgehead atoms. The number of aromatic nitrogens is 2. The number of carbonyl (C=O) groups is 1. The van der Waals surface area contributed by atoms with E-state index in [1.807, 2.05) is 16.9 Å². The Balaban J connectivity index is 1.70. The van der Waals surface area contributed by atoms with Crippen LogP contribution < -0.4 is 0 Å². The number of carbonyl (C=O) groups excluding carboxylic acids is 1. The first-order chi connectivity index (χ1) is 10.1. The SMILES string of the molecule is Cc1cc(C(=O)Cc2ccn(C3CCCC3)n2)ccc1F. The maximum Gasteiger partial charge on any atom is 0.168 e. The van der Waals surface area contributed by atoms with Crippen LogP contribution in [0.25, 0.3) is 0 Å². The van der Waals surface area contributed by atoms with E-state index in [4.69, 9.17) is 0 Å². The molecule has 1 aromatic heterocycles. The Labute approximate surface area is 123 Å². The first-order valence-corrected chi connectivity index (χ1v) is 7.47. The molecule has 0 N–H and O–H groups in total. The molecule has 0 radical (unpaired) electrons. The molecule has 110 valence electrons. The molecule has 21 heavy (non-hydrogen) atoms. The molecule has 0 unspecified atom stereocenters. The van der Waals surface area contributed by atoms with Crippen LogP contribution in [0.15, 0.2) is 30.5 Å². The fourth-order valence-electron chi connectivity index (χ4n) is 2.93. The fraction of sp³-hybridized carbons (Fsp3) is 0.412. The van der Waals surface area contributed by atoms with Crippen LogP contribution in [0.5, 0.6) is 0 Å². The third-order valence-corrected chi connectivity index (χ3v) is 4.18. The Bertz CT molecular complexity index is 657. The summed E-state index contributed by atoms with van der Waals surface area (Å²) in [6.45, 7) is 1.67. The van der Waals surface area contributed by atoms with Crippen LogP contribution in [0, 0.1) is 12.7 Å². The number of halogens is 1. The third-order valence-electron chi connectivity index (χ3n) is 4.18. The highest BCUT2D eigenvalue weighted by atomic mass is 19.1. The first kappa shape index (κ1) is 14.0. The van der Waals surface area contributed by atoms with Crippen molar-refractivity contribution in [1.29, 1.82) is 0 Å². The van der Waals surface area contributed by atoms with Gasteiger partial charge in [0.15, 0.2) is 5.78 Å². The number of aryl methyl sites for hydroxylation is 1. The predicted octanol–water partition coefficient (Wildman–Crippen LogP) is 3.87. The molecule has 1 aliphatic rings. The lowest BCUT2D eigenvalue weighted by molar-refractivity contribution is 0.0991. The van der Waals surface area contributed by atoms with Gasteiger partial charge in [0.25, 0.3) is 0 Å². The van der Waals surface area contributed by atoms with E-state index in [-0.39, 0.29) is 18.0 Å². The number of nitrogens with zero attached hydrogens (tertiary/aromatic N) is 2. The van der Waals surface area contributed by atoms with Crippen LogP contribution in [0.4, 0.5) is 4.39 Å². The molecular formula is C17H19FN2O. The summed E-state index contributed by atoms with van der Waals surface area (Å²) in [5.74, 6) is -0.299. The Hall–Kier alpha value is -1.97. The Kier molecular flexibility index (Phi) is 3.86. The zero-order valence-electron chi connectivity index (χ0n) is 12.2. The maximum absolute atomic E-state index is 13.2. The lowest BCUT2D eigenvalue weighted by atomic mass is 10.0. The molecule has 4 heteroatoms. The van der Waals surface area contributed by atoms with E-state index in [0.29, 0.717) is 17.2 Å². The summed E-state index contributed by atoms with van der Waals surface area (Å²) in [6, 6.07) is 6.89. The molecule has 1 saturated carbocycles. The van der Waals surface area contributed by atoms with Crippen molar-refractivity contribution in [3.8, 4) is 0 Å². The topological polar surface area (TPSA) is 34.9 Å². The number of Topliss-reactive ketones (excluding diaryl/α,β-unsaturated/α-hetero) is 1. The summed E-state index contributed by atoms with van der Waals surface area (Å²) in [4.78, 5) is 12.2. The lowest BCUT2D eigenvalue weighted by Crippen LogP contribution is -2.08. The molecule has 0 saturated heterocycles. The second kappa shape index (κ2) is 5.80. The minimum Gasteiger partial charge on any atom is -0.294 e. The van der Waals surface area contributed by atoms with Crippen LogP contribution in [0.1, 0.15) is 53.3 Å². The average Bonchev–Trinajstić information content (AvgIpc) is 3.12. The van der Waals surface area contributed by atoms with Crippen LogP contribution >= 0.6 is 0 Å². The quantitative estimate of drug-likeness (QED) is 0.800. The molecule has 1 aliphatic carbocycles. The summed E-state index contributed by atoms with van der Waals surface area (Å²) in [7, 11) is 0. The number of benzene rings is 1. The van der Waals surface area contributed by atoms with Gasteiger partial charge in [-0.05, 0) is 49.6 Å². The first-order valence-electron chi connectivity index (χ1n) is 7.47. The Morgan fingerprint density at radius 2 is 2.10 bits per heavy atom. The highest BCUT2D eigenvalue weighted by Crippen LogP contribution is 2.28. The Morgan fingerprint density at radius 1 is 1.33 bits per heavy atom. The van der Waals surface area contributed by atoms with Gasteiger partial charge >= 0.3 is 0 Å². The smallest absolute Gasteiger partial charge is 0.168 e. The summed E-state index contributed by atoms with van der Waals surface area (Å²) < 4.78 is 15.2. The van der Waals surface area contributed by atoms with Gasteiger partial charge in [0.2, 0.25) is 0 Å². The van der Waals surface area contributed by atoms with Crippen LogP contribution in [-0.2, 0) is 6.42 Å². The molecule has 1 fully saturated rings. The van der Waals surface area contributed by atoms with Gasteiger partial charge in [-0.15, -0.1) is 0 Å². The molecule has 0 amide bonds. The molecule has 0 spiro atoms. The molecule has 3 nitrogen and oxygen atoms in total. The second-order valence-corrected chi connectivity index (χ2v) is 5.79. The predicted molar refractivity (Wildman–Crippen MR) is 78.9 cm³/mol. The fourth-order valence-corrected chi connectivity index (χ4v) is 2.93. The maximum atomic E-state index is 13.2. The molecule has 2 aromatic rings. The number of hydrogen-bond acceptors (Lipinski definition) is 2. The number of rotatable bonds is 4. The van der Waals surface area contributed by atoms with Gasteiger partial charge in [-0.2, -0.15) is 5.10 Å². The van der Waals surface area contributed by atoms with Crippen molar-refractivity contribution < 1.29 is 9.18 Å². The summed E-state index contributed by atoms with van der Waals surface area (Å²) in [6.07, 6.45) is 7.10. The average molecular weight is 286 g/mol. The third kappa shape index (κ3) is 3.04. The van der Waals surface area contributed by atoms with E-state index in [1.165, 1.54) is 31.7 Å². The van der Waals surface area contributed by atoms with E-state index in [1.54, 1.807) is 19.1 Å². The number of hydrogen-bond donors (Lipinski definition) is 0. The van der Waals surface area contributed by atoms with Gasteiger partial charge in [-0.25, -0.2) is 4.39 Å². The van der Waals surface area contributed by atoms with Gasteiger partial charge in [0, 0.05) is 11.8 Å². The highest BCUT2D eigenvalue weighted by Gasteiger charge is 2.18. The van der Waals surface area contributed by atoms with Crippen molar-refractivity contribution in [2.75, 3.05) is 0 Å². The monoisotopic (exact) mass is 286 g/mol. The van der Waals surface area contributed by atoms with E-state index in [9.17, 15) is 9.18 Å². The standard InChI is InChI=1S/C17H19FN2O/c1-12-10-13(6-7-16(12)18)17(21)11-14-8-9-20(19-14)15-4-2-3-5-15/h6-10,15H,2-5,11H2,1H3. The van der Waals surface area contributed by atoms with Gasteiger partial charge in [0.05, 0.1) is 18.2 Å². The molecule has 3 rings (SSSR count). The van der Waals surface area contributed by atoms with E-state index >= 15 is 0 Å². The van der Waals surface area contributed by atoms with Crippen molar-refractivity contribution in [3.63, 3.8) is 0 Å². The second-order valence-electron chi connectivity index (χ2n) is 5.79. The van der Waals surface area contributed by atoms with Crippen molar-refractivity contribution in [3.05, 3.63) is 53.1 Å². The molecule has 0 aliphatic heterocycles. The lowest BCUT2D eigenvalue weighted by Gasteiger charge is -2.08. The molecular weight excluding hydrogens is 267 g/mol. The van der Waals surface area contributed by atoms with Gasteiger partial charge in [0.1, 0.15) is 5.82 Å². The van der Waals surface area contributed by atoms with Crippen LogP contribution in [0.3, 0.4) is 0 Å². The molecule has 0 atom stereocenters. The number of ketones is 1. The largest absolute Gasteiger partial charge is 0.294 e. The van der Waals surface area contributed by atoms with Crippen LogP contribution in [0.2, 0.25) is 0 Å². The Morgan fingerprint density at radius 3 is 2.81 bits per heavy atom. The van der Waals surface area contributed by atoms with Crippen molar-refractivity contribution >= 4 is 5.78 Å². The minimum absolute atomic E-state index is 0.0187. The van der Waals surface area contributed by atoms with Crippen molar-refractivity contribution in [2.24, 2.45) is 0 Å². The van der Waals surface area contributed by atoms with Gasteiger partial charge < -0.3 is 0 Å². The summed E-state index contributed by atoms with van der Waals surface area (Å²) in [5.41, 5.74) is 1.83. The normalized spacial score (nSPS) is 15.5. The van der Waals surface area contributed by atoms with Gasteiger partial charge in [-0.1, -0.05) is 12.8 Å². The van der Waals surface area contributed by atoms with E-state index < -0.39 is 0 Å². The molecule has 1 heterocycles. The van der Waals surface area contributed by atoms with E-state index in [0.717, 1.165) is 5.69 Å². The van der Waals surface area contributed by atoms with Crippen LogP contribution in [-0.4, -0.2) is 15.6 Å². The van der Waals surface area contributed by atoms with Crippen molar-refractivity contribution in [2.45, 2.75) is 45.1 Å². The minimum atomic E-state index is -0.280. The van der Waals surface area contributed by atoms with E-state index in [2.05, 4.69) is 5.10 Å². The summed E-state index contributed by atoms with van der Waals surface area (Å²) in [5, 5.41) is 4.52. The van der Waals surface area contributed by atoms with Gasteiger partial charge in [-0.3, -0.25) is 9.48 Å². The highest BCUT2D eigenvalue weighted by molar-refractivity contribution is 5.97. The van der Waals surface area contributed by atoms with Crippen molar-refractivity contribution in [1.82, 2.24) is 9.78 Å². The summed E-state index contributed by atoms with van der Waals surface area (Å²) >= 11 is 0. The zero-order chi connectivity index (χ0) is 14.8. The zero-order valence-corrected chi connectivity index (χ0v) is 12.2. The molecule has 1 aromatic carbocycles.